The van der Waals surface area contributed by atoms with Crippen molar-refractivity contribution in [1.29, 1.82) is 0 Å². The second-order valence-corrected chi connectivity index (χ2v) is 7.49. The molecule has 1 aliphatic rings. The number of furan rings is 1. The number of nitrogens with one attached hydrogen (secondary N) is 1. The second-order valence-electron chi connectivity index (χ2n) is 5.04. The van der Waals surface area contributed by atoms with Crippen LogP contribution in [0.25, 0.3) is 0 Å². The van der Waals surface area contributed by atoms with E-state index in [4.69, 9.17) is 9.52 Å². The Bertz CT molecular complexity index is 626. The number of aliphatic hydroxyl groups excluding tert-OH is 1. The quantitative estimate of drug-likeness (QED) is 0.685. The summed E-state index contributed by atoms with van der Waals surface area (Å²) in [5.41, 5.74) is 0. The molecular weight excluding hydrogens is 366 g/mol. The minimum Gasteiger partial charge on any atom is -0.475 e. The summed E-state index contributed by atoms with van der Waals surface area (Å²) < 4.78 is 31.5. The van der Waals surface area contributed by atoms with Crippen molar-refractivity contribution >= 4 is 31.9 Å². The maximum absolute atomic E-state index is 12.2. The lowest BCUT2D eigenvalue weighted by Crippen LogP contribution is -2.31. The van der Waals surface area contributed by atoms with Crippen molar-refractivity contribution in [3.8, 4) is 0 Å². The van der Waals surface area contributed by atoms with Gasteiger partial charge >= 0.3 is 5.97 Å². The van der Waals surface area contributed by atoms with Gasteiger partial charge in [0.2, 0.25) is 15.8 Å². The highest BCUT2D eigenvalue weighted by Crippen LogP contribution is 2.31. The van der Waals surface area contributed by atoms with Crippen molar-refractivity contribution in [3.63, 3.8) is 0 Å². The van der Waals surface area contributed by atoms with Crippen LogP contribution in [-0.2, 0) is 10.0 Å². The Morgan fingerprint density at radius 3 is 2.67 bits per heavy atom. The van der Waals surface area contributed by atoms with E-state index in [0.29, 0.717) is 0 Å². The van der Waals surface area contributed by atoms with Crippen molar-refractivity contribution in [2.24, 2.45) is 11.8 Å². The Balaban J connectivity index is 2.10. The highest BCUT2D eigenvalue weighted by Gasteiger charge is 2.30. The van der Waals surface area contributed by atoms with Gasteiger partial charge in [-0.1, -0.05) is 6.42 Å². The zero-order valence-corrected chi connectivity index (χ0v) is 13.5. The van der Waals surface area contributed by atoms with Crippen molar-refractivity contribution in [1.82, 2.24) is 4.72 Å². The number of hydrogen-bond acceptors (Lipinski definition) is 5. The van der Waals surface area contributed by atoms with Gasteiger partial charge in [-0.3, -0.25) is 0 Å². The van der Waals surface area contributed by atoms with Gasteiger partial charge in [-0.05, 0) is 40.6 Å². The highest BCUT2D eigenvalue weighted by molar-refractivity contribution is 9.10. The summed E-state index contributed by atoms with van der Waals surface area (Å²) in [6, 6.07) is 0.965. The topological polar surface area (TPSA) is 117 Å². The van der Waals surface area contributed by atoms with Gasteiger partial charge in [0.05, 0.1) is 0 Å². The van der Waals surface area contributed by atoms with Gasteiger partial charge in [0.1, 0.15) is 4.90 Å². The van der Waals surface area contributed by atoms with Crippen LogP contribution < -0.4 is 4.72 Å². The number of carboxylic acids is 1. The summed E-state index contributed by atoms with van der Waals surface area (Å²) in [6.07, 6.45) is 2.72. The van der Waals surface area contributed by atoms with E-state index in [-0.39, 0.29) is 34.6 Å². The summed E-state index contributed by atoms with van der Waals surface area (Å²) in [5.74, 6) is -1.59. The van der Waals surface area contributed by atoms with E-state index in [9.17, 15) is 18.3 Å². The van der Waals surface area contributed by atoms with Crippen molar-refractivity contribution < 1.29 is 27.8 Å². The lowest BCUT2D eigenvalue weighted by molar-refractivity contribution is 0.0661. The van der Waals surface area contributed by atoms with Gasteiger partial charge in [-0.25, -0.2) is 17.9 Å². The van der Waals surface area contributed by atoms with Gasteiger partial charge in [0, 0.05) is 19.2 Å². The third-order valence-electron chi connectivity index (χ3n) is 3.74. The molecule has 0 aromatic carbocycles. The van der Waals surface area contributed by atoms with Crippen LogP contribution in [0, 0.1) is 11.8 Å². The molecule has 3 N–H and O–H groups in total. The van der Waals surface area contributed by atoms with E-state index in [0.717, 1.165) is 25.3 Å². The predicted molar refractivity (Wildman–Crippen MR) is 76.5 cm³/mol. The van der Waals surface area contributed by atoms with Gasteiger partial charge < -0.3 is 14.6 Å². The molecule has 21 heavy (non-hydrogen) atoms. The molecule has 1 aromatic rings. The molecule has 1 fully saturated rings. The minimum atomic E-state index is -3.86. The van der Waals surface area contributed by atoms with E-state index in [1.807, 2.05) is 0 Å². The van der Waals surface area contributed by atoms with E-state index in [1.54, 1.807) is 0 Å². The normalized spacial score (nSPS) is 22.6. The first-order valence-electron chi connectivity index (χ1n) is 6.48. The molecule has 0 radical (unpaired) electrons. The highest BCUT2D eigenvalue weighted by atomic mass is 79.9. The van der Waals surface area contributed by atoms with Gasteiger partial charge in [0.15, 0.2) is 4.67 Å². The molecule has 1 heterocycles. The summed E-state index contributed by atoms with van der Waals surface area (Å²) >= 11 is 2.91. The number of halogens is 1. The smallest absolute Gasteiger partial charge is 0.371 e. The largest absolute Gasteiger partial charge is 0.475 e. The third kappa shape index (κ3) is 3.65. The van der Waals surface area contributed by atoms with E-state index >= 15 is 0 Å². The number of rotatable bonds is 6. The SMILES string of the molecule is O=C(O)c1cc(S(=O)(=O)NCC2CCCC2CO)c(Br)o1. The first-order chi connectivity index (χ1) is 9.85. The Morgan fingerprint density at radius 2 is 2.10 bits per heavy atom. The maximum Gasteiger partial charge on any atom is 0.371 e. The van der Waals surface area contributed by atoms with E-state index in [2.05, 4.69) is 20.7 Å². The van der Waals surface area contributed by atoms with Crippen LogP contribution in [0.5, 0.6) is 0 Å². The third-order valence-corrected chi connectivity index (χ3v) is 6.02. The van der Waals surface area contributed by atoms with Crippen molar-refractivity contribution in [3.05, 3.63) is 16.5 Å². The minimum absolute atomic E-state index is 0.0466. The summed E-state index contributed by atoms with van der Waals surface area (Å²) in [5, 5.41) is 18.0. The second kappa shape index (κ2) is 6.47. The average Bonchev–Trinajstić information content (AvgIpc) is 3.02. The molecule has 118 valence electrons. The van der Waals surface area contributed by atoms with E-state index in [1.165, 1.54) is 0 Å². The predicted octanol–water partition coefficient (Wildman–Crippen LogP) is 1.43. The summed E-state index contributed by atoms with van der Waals surface area (Å²) in [4.78, 5) is 10.5. The number of hydrogen-bond donors (Lipinski definition) is 3. The molecule has 2 atom stereocenters. The fourth-order valence-corrected chi connectivity index (χ4v) is 4.59. The first-order valence-corrected chi connectivity index (χ1v) is 8.76. The maximum atomic E-state index is 12.2. The Labute approximate surface area is 130 Å². The molecule has 0 aliphatic heterocycles. The van der Waals surface area contributed by atoms with Crippen LogP contribution in [0.4, 0.5) is 0 Å². The molecule has 1 saturated carbocycles. The zero-order valence-electron chi connectivity index (χ0n) is 11.1. The molecule has 0 bridgehead atoms. The molecule has 0 amide bonds. The molecule has 2 unspecified atom stereocenters. The van der Waals surface area contributed by atoms with Crippen LogP contribution in [0.15, 0.2) is 20.0 Å². The molecule has 2 rings (SSSR count). The molecule has 9 heteroatoms. The molecule has 7 nitrogen and oxygen atoms in total. The summed E-state index contributed by atoms with van der Waals surface area (Å²) in [7, 11) is -3.86. The monoisotopic (exact) mass is 381 g/mol. The molecule has 0 saturated heterocycles. The number of aromatic carboxylic acids is 1. The van der Waals surface area contributed by atoms with Gasteiger partial charge in [-0.2, -0.15) is 0 Å². The van der Waals surface area contributed by atoms with Crippen molar-refractivity contribution in [2.75, 3.05) is 13.2 Å². The molecule has 1 aliphatic carbocycles. The van der Waals surface area contributed by atoms with Crippen LogP contribution in [0.3, 0.4) is 0 Å². The average molecular weight is 382 g/mol. The van der Waals surface area contributed by atoms with Crippen LogP contribution in [-0.4, -0.2) is 37.8 Å². The molecule has 1 aromatic heterocycles. The lowest BCUT2D eigenvalue weighted by atomic mass is 9.97. The Hall–Kier alpha value is -0.900. The number of carboxylic acid groups (broad SMARTS) is 1. The summed E-state index contributed by atoms with van der Waals surface area (Å²) in [6.45, 7) is 0.262. The number of sulfonamides is 1. The molecule has 0 spiro atoms. The zero-order chi connectivity index (χ0) is 15.6. The Morgan fingerprint density at radius 1 is 1.43 bits per heavy atom. The van der Waals surface area contributed by atoms with Gasteiger partial charge in [-0.15, -0.1) is 0 Å². The first kappa shape index (κ1) is 16.5. The van der Waals surface area contributed by atoms with Crippen LogP contribution in [0.1, 0.15) is 29.8 Å². The van der Waals surface area contributed by atoms with Crippen LogP contribution >= 0.6 is 15.9 Å². The fraction of sp³-hybridized carbons (Fsp3) is 0.583. The fourth-order valence-electron chi connectivity index (χ4n) is 2.56. The molecular formula is C12H16BrNO6S. The number of carbonyl (C=O) groups is 1. The standard InChI is InChI=1S/C12H16BrNO6S/c13-11-10(4-9(20-11)12(16)17)21(18,19)14-5-7-2-1-3-8(7)6-15/h4,7-8,14-15H,1-3,5-6H2,(H,16,17). The number of aliphatic hydroxyl groups is 1. The van der Waals surface area contributed by atoms with E-state index < -0.39 is 21.8 Å². The van der Waals surface area contributed by atoms with Crippen molar-refractivity contribution in [2.45, 2.75) is 24.2 Å². The van der Waals surface area contributed by atoms with Crippen LogP contribution in [0.2, 0.25) is 0 Å². The lowest BCUT2D eigenvalue weighted by Gasteiger charge is -2.17. The Kier molecular flexibility index (Phi) is 5.07. The van der Waals surface area contributed by atoms with Gasteiger partial charge in [0.25, 0.3) is 0 Å².